The van der Waals surface area contributed by atoms with Gasteiger partial charge in [0.2, 0.25) is 0 Å². The summed E-state index contributed by atoms with van der Waals surface area (Å²) in [5.74, 6) is -0.383. The SMILES string of the molecule is COC(=O)c1c(C)nc2c(-c3c(C)cc(C)cc3C)cn(C)c2c1-n1cccc1. The molecule has 4 rings (SSSR count). The number of nitrogens with zero attached hydrogens (tertiary/aromatic N) is 3. The Bertz CT molecular complexity index is 1220. The fourth-order valence-corrected chi connectivity index (χ4v) is 4.39. The van der Waals surface area contributed by atoms with E-state index in [1.165, 1.54) is 29.4 Å². The zero-order chi connectivity index (χ0) is 20.9. The van der Waals surface area contributed by atoms with E-state index in [2.05, 4.69) is 43.7 Å². The van der Waals surface area contributed by atoms with Crippen molar-refractivity contribution in [3.05, 3.63) is 70.8 Å². The summed E-state index contributed by atoms with van der Waals surface area (Å²) in [7, 11) is 3.40. The summed E-state index contributed by atoms with van der Waals surface area (Å²) >= 11 is 0. The Balaban J connectivity index is 2.15. The number of hydrogen-bond donors (Lipinski definition) is 0. The van der Waals surface area contributed by atoms with Crippen LogP contribution in [0, 0.1) is 27.7 Å². The average Bonchev–Trinajstić information content (AvgIpc) is 3.28. The minimum Gasteiger partial charge on any atom is -0.465 e. The molecule has 5 nitrogen and oxygen atoms in total. The van der Waals surface area contributed by atoms with Crippen molar-refractivity contribution in [3.63, 3.8) is 0 Å². The minimum atomic E-state index is -0.383. The first-order chi connectivity index (χ1) is 13.8. The Kier molecular flexibility index (Phi) is 4.53. The number of fused-ring (bicyclic) bond motifs is 1. The molecule has 3 aromatic heterocycles. The van der Waals surface area contributed by atoms with Crippen molar-refractivity contribution in [3.8, 4) is 16.8 Å². The molecule has 0 aliphatic carbocycles. The zero-order valence-electron chi connectivity index (χ0n) is 17.7. The highest BCUT2D eigenvalue weighted by Gasteiger charge is 2.25. The van der Waals surface area contributed by atoms with E-state index < -0.39 is 0 Å². The lowest BCUT2D eigenvalue weighted by atomic mass is 9.94. The second-order valence-electron chi connectivity index (χ2n) is 7.63. The van der Waals surface area contributed by atoms with E-state index in [9.17, 15) is 4.79 Å². The van der Waals surface area contributed by atoms with Crippen LogP contribution in [-0.4, -0.2) is 27.2 Å². The maximum Gasteiger partial charge on any atom is 0.341 e. The van der Waals surface area contributed by atoms with E-state index in [4.69, 9.17) is 9.72 Å². The third-order valence-corrected chi connectivity index (χ3v) is 5.46. The molecule has 0 atom stereocenters. The van der Waals surface area contributed by atoms with E-state index in [1.807, 2.05) is 43.1 Å². The van der Waals surface area contributed by atoms with E-state index in [1.54, 1.807) is 0 Å². The Hall–Kier alpha value is -3.34. The van der Waals surface area contributed by atoms with Crippen molar-refractivity contribution in [1.29, 1.82) is 0 Å². The molecule has 3 heterocycles. The van der Waals surface area contributed by atoms with Crippen LogP contribution in [-0.2, 0) is 11.8 Å². The third kappa shape index (κ3) is 2.94. The first kappa shape index (κ1) is 19.0. The van der Waals surface area contributed by atoms with Gasteiger partial charge in [-0.3, -0.25) is 0 Å². The van der Waals surface area contributed by atoms with Crippen molar-refractivity contribution in [2.24, 2.45) is 7.05 Å². The summed E-state index contributed by atoms with van der Waals surface area (Å²) < 4.78 is 9.10. The molecule has 0 unspecified atom stereocenters. The van der Waals surface area contributed by atoms with Crippen molar-refractivity contribution < 1.29 is 9.53 Å². The molecule has 0 amide bonds. The molecule has 0 spiro atoms. The lowest BCUT2D eigenvalue weighted by Gasteiger charge is -2.15. The van der Waals surface area contributed by atoms with Gasteiger partial charge in [-0.1, -0.05) is 17.7 Å². The Morgan fingerprint density at radius 3 is 2.24 bits per heavy atom. The highest BCUT2D eigenvalue weighted by Crippen LogP contribution is 2.38. The number of aryl methyl sites for hydroxylation is 5. The molecule has 5 heteroatoms. The van der Waals surface area contributed by atoms with E-state index in [0.29, 0.717) is 11.3 Å². The number of pyridine rings is 1. The van der Waals surface area contributed by atoms with Gasteiger partial charge in [-0.15, -0.1) is 0 Å². The van der Waals surface area contributed by atoms with Crippen LogP contribution < -0.4 is 0 Å². The topological polar surface area (TPSA) is 49.0 Å². The molecule has 0 fully saturated rings. The number of hydrogen-bond acceptors (Lipinski definition) is 3. The van der Waals surface area contributed by atoms with Gasteiger partial charge in [0.05, 0.1) is 29.5 Å². The zero-order valence-corrected chi connectivity index (χ0v) is 17.7. The highest BCUT2D eigenvalue weighted by atomic mass is 16.5. The van der Waals surface area contributed by atoms with E-state index >= 15 is 0 Å². The molecule has 0 saturated carbocycles. The average molecular weight is 387 g/mol. The summed E-state index contributed by atoms with van der Waals surface area (Å²) in [6, 6.07) is 8.29. The second-order valence-corrected chi connectivity index (χ2v) is 7.63. The maximum absolute atomic E-state index is 12.6. The number of benzene rings is 1. The number of carbonyl (C=O) groups excluding carboxylic acids is 1. The summed E-state index contributed by atoms with van der Waals surface area (Å²) in [5.41, 5.74) is 9.67. The van der Waals surface area contributed by atoms with Gasteiger partial charge >= 0.3 is 5.97 Å². The molecular formula is C24H25N3O2. The molecule has 148 valence electrons. The van der Waals surface area contributed by atoms with E-state index in [0.717, 1.165) is 22.3 Å². The van der Waals surface area contributed by atoms with Gasteiger partial charge < -0.3 is 13.9 Å². The lowest BCUT2D eigenvalue weighted by molar-refractivity contribution is 0.0599. The fourth-order valence-electron chi connectivity index (χ4n) is 4.39. The Morgan fingerprint density at radius 1 is 1.03 bits per heavy atom. The van der Waals surface area contributed by atoms with Gasteiger partial charge in [0.15, 0.2) is 0 Å². The molecule has 0 aliphatic heterocycles. The van der Waals surface area contributed by atoms with Gasteiger partial charge in [0.1, 0.15) is 5.56 Å². The smallest absolute Gasteiger partial charge is 0.341 e. The van der Waals surface area contributed by atoms with E-state index in [-0.39, 0.29) is 5.97 Å². The molecule has 4 aromatic rings. The third-order valence-electron chi connectivity index (χ3n) is 5.46. The predicted molar refractivity (Wildman–Crippen MR) is 116 cm³/mol. The maximum atomic E-state index is 12.6. The fraction of sp³-hybridized carbons (Fsp3) is 0.250. The molecule has 1 aromatic carbocycles. The van der Waals surface area contributed by atoms with Crippen LogP contribution in [0.5, 0.6) is 0 Å². The van der Waals surface area contributed by atoms with Crippen molar-refractivity contribution in [2.45, 2.75) is 27.7 Å². The minimum absolute atomic E-state index is 0.383. The highest BCUT2D eigenvalue weighted by molar-refractivity contribution is 6.06. The normalized spacial score (nSPS) is 11.2. The van der Waals surface area contributed by atoms with Gasteiger partial charge in [0, 0.05) is 31.2 Å². The molecule has 0 N–H and O–H groups in total. The van der Waals surface area contributed by atoms with Gasteiger partial charge in [-0.25, -0.2) is 9.78 Å². The molecule has 0 bridgehead atoms. The van der Waals surface area contributed by atoms with Crippen LogP contribution in [0.1, 0.15) is 32.7 Å². The summed E-state index contributed by atoms with van der Waals surface area (Å²) in [6.07, 6.45) is 5.99. The Morgan fingerprint density at radius 2 is 1.66 bits per heavy atom. The van der Waals surface area contributed by atoms with Crippen molar-refractivity contribution in [2.75, 3.05) is 7.11 Å². The lowest BCUT2D eigenvalue weighted by Crippen LogP contribution is -2.12. The summed E-state index contributed by atoms with van der Waals surface area (Å²) in [5, 5.41) is 0. The molecule has 0 saturated heterocycles. The predicted octanol–water partition coefficient (Wildman–Crippen LogP) is 5.05. The first-order valence-corrected chi connectivity index (χ1v) is 9.63. The molecule has 29 heavy (non-hydrogen) atoms. The molecule has 0 radical (unpaired) electrons. The monoisotopic (exact) mass is 387 g/mol. The van der Waals surface area contributed by atoms with Crippen LogP contribution in [0.15, 0.2) is 42.9 Å². The number of rotatable bonds is 3. The quantitative estimate of drug-likeness (QED) is 0.462. The molecular weight excluding hydrogens is 362 g/mol. The largest absolute Gasteiger partial charge is 0.465 e. The standard InChI is InChI=1S/C24H25N3O2/c1-14-11-15(2)19(16(3)12-14)18-13-26(5)23-21(18)25-17(4)20(24(28)29-6)22(23)27-9-7-8-10-27/h7-13H,1-6H3. The van der Waals surface area contributed by atoms with Crippen LogP contribution in [0.4, 0.5) is 0 Å². The number of aromatic nitrogens is 3. The van der Waals surface area contributed by atoms with Crippen LogP contribution in [0.25, 0.3) is 27.8 Å². The number of ether oxygens (including phenoxy) is 1. The number of methoxy groups -OCH3 is 1. The van der Waals surface area contributed by atoms with Gasteiger partial charge in [-0.2, -0.15) is 0 Å². The Labute approximate surface area is 170 Å². The van der Waals surface area contributed by atoms with Gasteiger partial charge in [0.25, 0.3) is 0 Å². The van der Waals surface area contributed by atoms with Crippen LogP contribution in [0.2, 0.25) is 0 Å². The van der Waals surface area contributed by atoms with Crippen LogP contribution in [0.3, 0.4) is 0 Å². The number of carbonyl (C=O) groups is 1. The second kappa shape index (κ2) is 6.92. The van der Waals surface area contributed by atoms with Crippen LogP contribution >= 0.6 is 0 Å². The first-order valence-electron chi connectivity index (χ1n) is 9.63. The van der Waals surface area contributed by atoms with Crippen molar-refractivity contribution in [1.82, 2.24) is 14.1 Å². The number of esters is 1. The van der Waals surface area contributed by atoms with Crippen molar-refractivity contribution >= 4 is 17.0 Å². The summed E-state index contributed by atoms with van der Waals surface area (Å²) in [4.78, 5) is 17.5. The van der Waals surface area contributed by atoms with Gasteiger partial charge in [-0.05, 0) is 56.5 Å². The summed E-state index contributed by atoms with van der Waals surface area (Å²) in [6.45, 7) is 8.25. The molecule has 0 aliphatic rings.